The number of benzene rings is 1. The van der Waals surface area contributed by atoms with Crippen molar-refractivity contribution in [2.24, 2.45) is 0 Å². The molecule has 2 unspecified atom stereocenters. The second-order valence-electron chi connectivity index (χ2n) is 8.64. The van der Waals surface area contributed by atoms with Gasteiger partial charge in [-0.3, -0.25) is 24.6 Å². The molecule has 0 aromatic heterocycles. The lowest BCUT2D eigenvalue weighted by Crippen LogP contribution is -2.64. The first-order chi connectivity index (χ1) is 17.1. The molecule has 1 aromatic carbocycles. The molecule has 2 atom stereocenters. The fourth-order valence-electron chi connectivity index (χ4n) is 4.41. The minimum atomic E-state index is -1.29. The standard InChI is InChI=1S/C23H29N5O8/c1-13-9-15(10-14(2)20(13)36-3)21(33)25-26-8-6-18(30)27-7-4-5-17(28(27)23(26)35)22(34)24-16(12-29)11-19(31)32/h9-10,12,16-17H,4-8,11H2,1-3H3,(H,24,34)(H,25,33)(H,31,32). The smallest absolute Gasteiger partial charge is 0.358 e. The van der Waals surface area contributed by atoms with E-state index in [-0.39, 0.29) is 31.5 Å². The maximum atomic E-state index is 13.5. The summed E-state index contributed by atoms with van der Waals surface area (Å²) in [7, 11) is 1.53. The third-order valence-corrected chi connectivity index (χ3v) is 6.02. The van der Waals surface area contributed by atoms with Crippen molar-refractivity contribution in [1.82, 2.24) is 25.8 Å². The number of hydrogen-bond donors (Lipinski definition) is 3. The topological polar surface area (TPSA) is 166 Å². The Morgan fingerprint density at radius 2 is 1.86 bits per heavy atom. The highest BCUT2D eigenvalue weighted by Crippen LogP contribution is 2.26. The highest BCUT2D eigenvalue weighted by Gasteiger charge is 2.44. The number of nitrogens with one attached hydrogen (secondary N) is 2. The SMILES string of the molecule is COc1c(C)cc(C(=O)NN2CCC(=O)N3CCCC(C(=O)NC(C=O)CC(=O)O)N3C2=O)cc1C. The molecule has 0 aliphatic carbocycles. The summed E-state index contributed by atoms with van der Waals surface area (Å²) >= 11 is 0. The zero-order chi connectivity index (χ0) is 26.6. The molecule has 13 heteroatoms. The molecule has 13 nitrogen and oxygen atoms in total. The van der Waals surface area contributed by atoms with Gasteiger partial charge in [-0.15, -0.1) is 0 Å². The number of aliphatic carboxylic acids is 1. The number of fused-ring (bicyclic) bond motifs is 1. The van der Waals surface area contributed by atoms with Crippen LogP contribution in [-0.4, -0.2) is 88.4 Å². The molecule has 0 radical (unpaired) electrons. The molecular weight excluding hydrogens is 474 g/mol. The number of aldehydes is 1. The van der Waals surface area contributed by atoms with Crippen LogP contribution >= 0.6 is 0 Å². The van der Waals surface area contributed by atoms with Crippen molar-refractivity contribution in [1.29, 1.82) is 0 Å². The van der Waals surface area contributed by atoms with Crippen LogP contribution in [-0.2, 0) is 19.2 Å². The van der Waals surface area contributed by atoms with Gasteiger partial charge in [-0.1, -0.05) is 0 Å². The number of aryl methyl sites for hydroxylation is 2. The van der Waals surface area contributed by atoms with Crippen LogP contribution in [0.4, 0.5) is 4.79 Å². The Morgan fingerprint density at radius 3 is 2.44 bits per heavy atom. The van der Waals surface area contributed by atoms with Crippen LogP contribution in [0.2, 0.25) is 0 Å². The highest BCUT2D eigenvalue weighted by atomic mass is 16.5. The van der Waals surface area contributed by atoms with Gasteiger partial charge in [-0.2, -0.15) is 0 Å². The van der Waals surface area contributed by atoms with Crippen LogP contribution in [0.1, 0.15) is 47.2 Å². The molecule has 3 rings (SSSR count). The maximum absolute atomic E-state index is 13.5. The average molecular weight is 504 g/mol. The van der Waals surface area contributed by atoms with E-state index in [9.17, 15) is 28.8 Å². The minimum absolute atomic E-state index is 0.0898. The molecule has 0 spiro atoms. The third-order valence-electron chi connectivity index (χ3n) is 6.02. The van der Waals surface area contributed by atoms with Gasteiger partial charge in [0.15, 0.2) is 0 Å². The lowest BCUT2D eigenvalue weighted by atomic mass is 10.1. The summed E-state index contributed by atoms with van der Waals surface area (Å²) in [6, 6.07) is -0.0352. The fourth-order valence-corrected chi connectivity index (χ4v) is 4.41. The number of ether oxygens (including phenoxy) is 1. The highest BCUT2D eigenvalue weighted by molar-refractivity contribution is 5.97. The number of carboxylic acids is 1. The monoisotopic (exact) mass is 503 g/mol. The average Bonchev–Trinajstić information content (AvgIpc) is 2.95. The number of nitrogens with zero attached hydrogens (tertiary/aromatic N) is 3. The Labute approximate surface area is 207 Å². The second-order valence-corrected chi connectivity index (χ2v) is 8.64. The van der Waals surface area contributed by atoms with E-state index in [1.165, 1.54) is 7.11 Å². The Balaban J connectivity index is 1.83. The van der Waals surface area contributed by atoms with Gasteiger partial charge < -0.3 is 20.0 Å². The molecule has 0 saturated carbocycles. The van der Waals surface area contributed by atoms with Gasteiger partial charge in [0.1, 0.15) is 18.1 Å². The molecule has 1 aromatic rings. The van der Waals surface area contributed by atoms with Crippen LogP contribution in [0, 0.1) is 13.8 Å². The number of hydrogen-bond acceptors (Lipinski definition) is 7. The van der Waals surface area contributed by atoms with E-state index in [1.807, 2.05) is 0 Å². The summed E-state index contributed by atoms with van der Waals surface area (Å²) < 4.78 is 5.32. The third kappa shape index (κ3) is 5.56. The van der Waals surface area contributed by atoms with Crippen LogP contribution < -0.4 is 15.5 Å². The van der Waals surface area contributed by atoms with Crippen molar-refractivity contribution in [2.75, 3.05) is 20.2 Å². The lowest BCUT2D eigenvalue weighted by Gasteiger charge is -2.42. The number of urea groups is 1. The van der Waals surface area contributed by atoms with Crippen molar-refractivity contribution in [3.8, 4) is 5.75 Å². The Bertz CT molecular complexity index is 1070. The number of rotatable bonds is 8. The van der Waals surface area contributed by atoms with E-state index in [2.05, 4.69) is 10.7 Å². The maximum Gasteiger partial charge on any atom is 0.358 e. The second kappa shape index (κ2) is 11.1. The van der Waals surface area contributed by atoms with E-state index in [0.717, 1.165) is 26.2 Å². The van der Waals surface area contributed by atoms with Gasteiger partial charge in [0.2, 0.25) is 11.8 Å². The summed E-state index contributed by atoms with van der Waals surface area (Å²) in [6.45, 7) is 3.64. The van der Waals surface area contributed by atoms with E-state index >= 15 is 0 Å². The number of hydrazine groups is 2. The predicted molar refractivity (Wildman–Crippen MR) is 123 cm³/mol. The lowest BCUT2D eigenvalue weighted by molar-refractivity contribution is -0.155. The first kappa shape index (κ1) is 26.4. The van der Waals surface area contributed by atoms with Gasteiger partial charge in [-0.25, -0.2) is 19.8 Å². The Hall–Kier alpha value is -4.16. The zero-order valence-electron chi connectivity index (χ0n) is 20.3. The summed E-state index contributed by atoms with van der Waals surface area (Å²) in [4.78, 5) is 74.3. The molecular formula is C23H29N5O8. The fraction of sp³-hybridized carbons (Fsp3) is 0.478. The summed E-state index contributed by atoms with van der Waals surface area (Å²) in [5.74, 6) is -2.41. The molecule has 2 saturated heterocycles. The number of amides is 5. The van der Waals surface area contributed by atoms with Crippen LogP contribution in [0.3, 0.4) is 0 Å². The molecule has 3 N–H and O–H groups in total. The normalized spacial score (nSPS) is 18.6. The molecule has 2 aliphatic heterocycles. The molecule has 2 aliphatic rings. The van der Waals surface area contributed by atoms with Crippen molar-refractivity contribution in [2.45, 2.75) is 51.6 Å². The first-order valence-electron chi connectivity index (χ1n) is 11.4. The van der Waals surface area contributed by atoms with Gasteiger partial charge in [0.25, 0.3) is 5.91 Å². The summed E-state index contributed by atoms with van der Waals surface area (Å²) in [6.07, 6.45) is 0.177. The van der Waals surface area contributed by atoms with E-state index < -0.39 is 48.2 Å². The van der Waals surface area contributed by atoms with Gasteiger partial charge in [0, 0.05) is 18.5 Å². The largest absolute Gasteiger partial charge is 0.496 e. The van der Waals surface area contributed by atoms with Crippen LogP contribution in [0.5, 0.6) is 5.75 Å². The van der Waals surface area contributed by atoms with E-state index in [0.29, 0.717) is 18.5 Å². The molecule has 2 heterocycles. The number of carbonyl (C=O) groups is 6. The Kier molecular flexibility index (Phi) is 8.12. The predicted octanol–water partition coefficient (Wildman–Crippen LogP) is 0.149. The van der Waals surface area contributed by atoms with Crippen molar-refractivity contribution in [3.05, 3.63) is 28.8 Å². The zero-order valence-corrected chi connectivity index (χ0v) is 20.3. The molecule has 2 fully saturated rings. The van der Waals surface area contributed by atoms with Gasteiger partial charge >= 0.3 is 12.0 Å². The van der Waals surface area contributed by atoms with Crippen molar-refractivity contribution in [3.63, 3.8) is 0 Å². The van der Waals surface area contributed by atoms with E-state index in [1.54, 1.807) is 26.0 Å². The van der Waals surface area contributed by atoms with Crippen molar-refractivity contribution < 1.29 is 38.6 Å². The van der Waals surface area contributed by atoms with Gasteiger partial charge in [0.05, 0.1) is 26.1 Å². The number of methoxy groups -OCH3 is 1. The molecule has 194 valence electrons. The molecule has 5 amide bonds. The molecule has 36 heavy (non-hydrogen) atoms. The first-order valence-corrected chi connectivity index (χ1v) is 11.4. The summed E-state index contributed by atoms with van der Waals surface area (Å²) in [5, 5.41) is 14.4. The minimum Gasteiger partial charge on any atom is -0.496 e. The number of carbonyl (C=O) groups excluding carboxylic acids is 5. The van der Waals surface area contributed by atoms with E-state index in [4.69, 9.17) is 9.84 Å². The quantitative estimate of drug-likeness (QED) is 0.422. The van der Waals surface area contributed by atoms with Crippen LogP contribution in [0.25, 0.3) is 0 Å². The molecule has 0 bridgehead atoms. The van der Waals surface area contributed by atoms with Crippen LogP contribution in [0.15, 0.2) is 12.1 Å². The number of carboxylic acid groups (broad SMARTS) is 1. The van der Waals surface area contributed by atoms with Gasteiger partial charge in [-0.05, 0) is 49.9 Å². The Morgan fingerprint density at radius 1 is 1.19 bits per heavy atom. The summed E-state index contributed by atoms with van der Waals surface area (Å²) in [5.41, 5.74) is 4.26. The van der Waals surface area contributed by atoms with Crippen molar-refractivity contribution >= 4 is 36.0 Å².